The fourth-order valence-electron chi connectivity index (χ4n) is 0.888. The van der Waals surface area contributed by atoms with Gasteiger partial charge in [-0.25, -0.2) is 0 Å². The van der Waals surface area contributed by atoms with Crippen molar-refractivity contribution in [2.75, 3.05) is 11.5 Å². The zero-order valence-electron chi connectivity index (χ0n) is 6.58. The summed E-state index contributed by atoms with van der Waals surface area (Å²) in [5.74, 6) is 2.69. The van der Waals surface area contributed by atoms with Gasteiger partial charge in [0.15, 0.2) is 5.78 Å². The largest absolute Gasteiger partial charge is 0.295 e. The van der Waals surface area contributed by atoms with Crippen LogP contribution in [0, 0.1) is 0 Å². The smallest absolute Gasteiger partial charge is 0.152 e. The lowest BCUT2D eigenvalue weighted by Gasteiger charge is -2.00. The molecule has 0 atom stereocenters. The standard InChI is InChI=1S/C8H12OS2/c1-7(9)3-2-4-8-10-5-6-11-8/h2-3,8H,4-6H2,1H3. The first-order valence-electron chi connectivity index (χ1n) is 3.69. The van der Waals surface area contributed by atoms with Crippen molar-refractivity contribution in [3.05, 3.63) is 12.2 Å². The first kappa shape index (κ1) is 9.20. The van der Waals surface area contributed by atoms with Crippen LogP contribution in [-0.2, 0) is 4.79 Å². The van der Waals surface area contributed by atoms with Crippen LogP contribution < -0.4 is 0 Å². The van der Waals surface area contributed by atoms with Crippen LogP contribution in [0.5, 0.6) is 0 Å². The molecule has 0 N–H and O–H groups in total. The molecule has 0 aromatic carbocycles. The van der Waals surface area contributed by atoms with Crippen molar-refractivity contribution in [3.8, 4) is 0 Å². The van der Waals surface area contributed by atoms with E-state index >= 15 is 0 Å². The maximum absolute atomic E-state index is 10.5. The van der Waals surface area contributed by atoms with Gasteiger partial charge in [-0.05, 0) is 19.4 Å². The summed E-state index contributed by atoms with van der Waals surface area (Å²) in [6, 6.07) is 0. The maximum atomic E-state index is 10.5. The Labute approximate surface area is 76.0 Å². The van der Waals surface area contributed by atoms with Crippen molar-refractivity contribution >= 4 is 29.3 Å². The normalized spacial score (nSPS) is 19.7. The first-order chi connectivity index (χ1) is 5.29. The number of hydrogen-bond acceptors (Lipinski definition) is 3. The molecule has 0 aliphatic carbocycles. The second-order valence-corrected chi connectivity index (χ2v) is 5.34. The number of ketones is 1. The average Bonchev–Trinajstić information content (AvgIpc) is 2.39. The first-order valence-corrected chi connectivity index (χ1v) is 5.79. The van der Waals surface area contributed by atoms with Crippen molar-refractivity contribution in [2.45, 2.75) is 17.9 Å². The molecule has 3 heteroatoms. The van der Waals surface area contributed by atoms with E-state index in [9.17, 15) is 4.79 Å². The third-order valence-electron chi connectivity index (χ3n) is 1.37. The van der Waals surface area contributed by atoms with E-state index in [4.69, 9.17) is 0 Å². The highest BCUT2D eigenvalue weighted by Crippen LogP contribution is 2.34. The van der Waals surface area contributed by atoms with Crippen molar-refractivity contribution < 1.29 is 4.79 Å². The van der Waals surface area contributed by atoms with Crippen LogP contribution in [-0.4, -0.2) is 21.9 Å². The second kappa shape index (κ2) is 4.88. The fraction of sp³-hybridized carbons (Fsp3) is 0.625. The van der Waals surface area contributed by atoms with Crippen LogP contribution in [0.2, 0.25) is 0 Å². The van der Waals surface area contributed by atoms with Gasteiger partial charge >= 0.3 is 0 Å². The molecule has 0 bridgehead atoms. The number of carbonyl (C=O) groups is 1. The summed E-state index contributed by atoms with van der Waals surface area (Å²) in [6.45, 7) is 1.59. The van der Waals surface area contributed by atoms with E-state index in [0.717, 1.165) is 6.42 Å². The Kier molecular flexibility index (Phi) is 4.08. The number of hydrogen-bond donors (Lipinski definition) is 0. The lowest BCUT2D eigenvalue weighted by Crippen LogP contribution is -1.88. The molecule has 1 rings (SSSR count). The van der Waals surface area contributed by atoms with Crippen molar-refractivity contribution in [3.63, 3.8) is 0 Å². The van der Waals surface area contributed by atoms with Crippen LogP contribution in [0.25, 0.3) is 0 Å². The number of thioether (sulfide) groups is 2. The highest BCUT2D eigenvalue weighted by Gasteiger charge is 2.13. The van der Waals surface area contributed by atoms with Crippen LogP contribution in [0.15, 0.2) is 12.2 Å². The summed E-state index contributed by atoms with van der Waals surface area (Å²) in [5.41, 5.74) is 0. The predicted molar refractivity (Wildman–Crippen MR) is 53.1 cm³/mol. The van der Waals surface area contributed by atoms with E-state index in [-0.39, 0.29) is 5.78 Å². The SMILES string of the molecule is CC(=O)C=CCC1SCCS1. The molecule has 1 heterocycles. The molecule has 62 valence electrons. The topological polar surface area (TPSA) is 17.1 Å². The predicted octanol–water partition coefficient (Wildman–Crippen LogP) is 2.33. The van der Waals surface area contributed by atoms with Crippen molar-refractivity contribution in [2.24, 2.45) is 0 Å². The summed E-state index contributed by atoms with van der Waals surface area (Å²) in [5, 5.41) is 0. The van der Waals surface area contributed by atoms with E-state index < -0.39 is 0 Å². The molecule has 0 radical (unpaired) electrons. The molecule has 0 spiro atoms. The van der Waals surface area contributed by atoms with Crippen molar-refractivity contribution in [1.82, 2.24) is 0 Å². The minimum absolute atomic E-state index is 0.151. The molecule has 1 aliphatic rings. The van der Waals surface area contributed by atoms with Crippen LogP contribution in [0.3, 0.4) is 0 Å². The van der Waals surface area contributed by atoms with E-state index in [1.54, 1.807) is 13.0 Å². The third-order valence-corrected chi connectivity index (χ3v) is 4.45. The summed E-state index contributed by atoms with van der Waals surface area (Å²) >= 11 is 3.99. The summed E-state index contributed by atoms with van der Waals surface area (Å²) in [6.07, 6.45) is 4.69. The van der Waals surface area contributed by atoms with Gasteiger partial charge in [0.2, 0.25) is 0 Å². The number of carbonyl (C=O) groups excluding carboxylic acids is 1. The molecule has 1 saturated heterocycles. The molecular formula is C8H12OS2. The lowest BCUT2D eigenvalue weighted by molar-refractivity contribution is -0.112. The second-order valence-electron chi connectivity index (χ2n) is 2.42. The molecular weight excluding hydrogens is 176 g/mol. The minimum atomic E-state index is 0.151. The summed E-state index contributed by atoms with van der Waals surface area (Å²) in [4.78, 5) is 10.5. The Hall–Kier alpha value is 0.110. The van der Waals surface area contributed by atoms with Gasteiger partial charge in [0, 0.05) is 11.5 Å². The van der Waals surface area contributed by atoms with Crippen LogP contribution in [0.1, 0.15) is 13.3 Å². The van der Waals surface area contributed by atoms with Crippen LogP contribution in [0.4, 0.5) is 0 Å². The van der Waals surface area contributed by atoms with Gasteiger partial charge in [-0.15, -0.1) is 23.5 Å². The quantitative estimate of drug-likeness (QED) is 0.633. The van der Waals surface area contributed by atoms with Crippen LogP contribution >= 0.6 is 23.5 Å². The zero-order valence-corrected chi connectivity index (χ0v) is 8.21. The summed E-state index contributed by atoms with van der Waals surface area (Å²) in [7, 11) is 0. The minimum Gasteiger partial charge on any atom is -0.295 e. The van der Waals surface area contributed by atoms with E-state index in [1.165, 1.54) is 11.5 Å². The Balaban J connectivity index is 2.15. The van der Waals surface area contributed by atoms with Gasteiger partial charge in [0.05, 0.1) is 4.58 Å². The molecule has 0 amide bonds. The highest BCUT2D eigenvalue weighted by molar-refractivity contribution is 8.20. The van der Waals surface area contributed by atoms with Gasteiger partial charge < -0.3 is 0 Å². The zero-order chi connectivity index (χ0) is 8.10. The number of allylic oxidation sites excluding steroid dienone is 2. The lowest BCUT2D eigenvalue weighted by atomic mass is 10.3. The molecule has 11 heavy (non-hydrogen) atoms. The molecule has 0 aromatic rings. The molecule has 1 fully saturated rings. The number of rotatable bonds is 3. The molecule has 1 aliphatic heterocycles. The highest BCUT2D eigenvalue weighted by atomic mass is 32.2. The van der Waals surface area contributed by atoms with Gasteiger partial charge in [0.1, 0.15) is 0 Å². The fourth-order valence-corrected chi connectivity index (χ4v) is 3.64. The van der Waals surface area contributed by atoms with Gasteiger partial charge in [0.25, 0.3) is 0 Å². The molecule has 0 aromatic heterocycles. The van der Waals surface area contributed by atoms with Crippen molar-refractivity contribution in [1.29, 1.82) is 0 Å². The molecule has 1 nitrogen and oxygen atoms in total. The average molecular weight is 188 g/mol. The van der Waals surface area contributed by atoms with E-state index in [0.29, 0.717) is 4.58 Å². The maximum Gasteiger partial charge on any atom is 0.152 e. The Bertz CT molecular complexity index is 159. The van der Waals surface area contributed by atoms with Gasteiger partial charge in [-0.2, -0.15) is 0 Å². The monoisotopic (exact) mass is 188 g/mol. The van der Waals surface area contributed by atoms with E-state index in [2.05, 4.69) is 0 Å². The Morgan fingerprint density at radius 2 is 2.18 bits per heavy atom. The Morgan fingerprint density at radius 1 is 1.55 bits per heavy atom. The Morgan fingerprint density at radius 3 is 2.73 bits per heavy atom. The van der Waals surface area contributed by atoms with Gasteiger partial charge in [-0.3, -0.25) is 4.79 Å². The third kappa shape index (κ3) is 3.87. The van der Waals surface area contributed by atoms with E-state index in [1.807, 2.05) is 29.6 Å². The molecule has 0 saturated carbocycles. The molecule has 0 unspecified atom stereocenters. The summed E-state index contributed by atoms with van der Waals surface area (Å²) < 4.78 is 0.700. The van der Waals surface area contributed by atoms with Gasteiger partial charge in [-0.1, -0.05) is 6.08 Å².